The first-order valence-electron chi connectivity index (χ1n) is 4.58. The minimum absolute atomic E-state index is 1.07. The van der Waals surface area contributed by atoms with E-state index in [1.54, 1.807) is 11.2 Å². The van der Waals surface area contributed by atoms with E-state index in [4.69, 9.17) is 0 Å². The van der Waals surface area contributed by atoms with Gasteiger partial charge in [0.1, 0.15) is 0 Å². The molecule has 0 aliphatic carbocycles. The van der Waals surface area contributed by atoms with Crippen LogP contribution in [-0.2, 0) is 0 Å². The molecular formula is C11H18N2. The molecule has 0 saturated heterocycles. The van der Waals surface area contributed by atoms with Crippen molar-refractivity contribution in [1.82, 2.24) is 5.01 Å². The fraction of sp³-hybridized carbons (Fsp3) is 0.364. The molecule has 0 aromatic heterocycles. The molecular weight excluding hydrogens is 160 g/mol. The monoisotopic (exact) mass is 178 g/mol. The summed E-state index contributed by atoms with van der Waals surface area (Å²) in [4.78, 5) is 0. The van der Waals surface area contributed by atoms with Gasteiger partial charge in [0.15, 0.2) is 0 Å². The molecule has 72 valence electrons. The molecule has 1 aliphatic heterocycles. The fourth-order valence-electron chi connectivity index (χ4n) is 0.925. The number of rotatable bonds is 1. The van der Waals surface area contributed by atoms with Crippen LogP contribution in [0.2, 0.25) is 0 Å². The molecule has 1 rings (SSSR count). The van der Waals surface area contributed by atoms with Gasteiger partial charge in [-0.25, -0.2) is 5.01 Å². The van der Waals surface area contributed by atoms with Gasteiger partial charge in [0.25, 0.3) is 0 Å². The molecule has 13 heavy (non-hydrogen) atoms. The van der Waals surface area contributed by atoms with Gasteiger partial charge in [-0.15, -0.1) is 0 Å². The number of allylic oxidation sites excluding steroid dienone is 3. The molecule has 0 aromatic carbocycles. The lowest BCUT2D eigenvalue weighted by Crippen LogP contribution is -2.11. The van der Waals surface area contributed by atoms with Crippen LogP contribution in [0.25, 0.3) is 0 Å². The molecule has 0 saturated carbocycles. The summed E-state index contributed by atoms with van der Waals surface area (Å²) in [5.41, 5.74) is 2.23. The van der Waals surface area contributed by atoms with E-state index >= 15 is 0 Å². The Bertz CT molecular complexity index is 247. The Morgan fingerprint density at radius 3 is 2.54 bits per heavy atom. The summed E-state index contributed by atoms with van der Waals surface area (Å²) in [6.45, 7) is 11.7. The summed E-state index contributed by atoms with van der Waals surface area (Å²) in [6.07, 6.45) is 7.57. The summed E-state index contributed by atoms with van der Waals surface area (Å²) >= 11 is 0. The molecule has 1 heterocycles. The van der Waals surface area contributed by atoms with Crippen molar-refractivity contribution in [1.29, 1.82) is 0 Å². The van der Waals surface area contributed by atoms with Crippen molar-refractivity contribution in [2.75, 3.05) is 0 Å². The van der Waals surface area contributed by atoms with E-state index in [0.717, 1.165) is 11.3 Å². The molecule has 0 atom stereocenters. The lowest BCUT2D eigenvalue weighted by atomic mass is 10.2. The predicted octanol–water partition coefficient (Wildman–Crippen LogP) is 3.31. The third-order valence-corrected chi connectivity index (χ3v) is 1.49. The maximum absolute atomic E-state index is 4.13. The topological polar surface area (TPSA) is 15.6 Å². The first-order valence-corrected chi connectivity index (χ1v) is 4.58. The third-order valence-electron chi connectivity index (χ3n) is 1.49. The van der Waals surface area contributed by atoms with Crippen molar-refractivity contribution in [3.05, 3.63) is 36.2 Å². The predicted molar refractivity (Wildman–Crippen MR) is 59.4 cm³/mol. The quantitative estimate of drug-likeness (QED) is 0.601. The van der Waals surface area contributed by atoms with Crippen LogP contribution in [-0.4, -0.2) is 11.2 Å². The van der Waals surface area contributed by atoms with Gasteiger partial charge in [-0.3, -0.25) is 0 Å². The van der Waals surface area contributed by atoms with Gasteiger partial charge >= 0.3 is 0 Å². The number of hydrazone groups is 1. The molecule has 0 spiro atoms. The minimum Gasteiger partial charge on any atom is -0.242 e. The second kappa shape index (κ2) is 6.23. The van der Waals surface area contributed by atoms with Gasteiger partial charge in [0, 0.05) is 6.20 Å². The van der Waals surface area contributed by atoms with Crippen LogP contribution in [0.1, 0.15) is 27.7 Å². The molecule has 0 bridgehead atoms. The van der Waals surface area contributed by atoms with E-state index in [0.29, 0.717) is 0 Å². The number of hydrogen-bond acceptors (Lipinski definition) is 2. The van der Waals surface area contributed by atoms with Crippen molar-refractivity contribution < 1.29 is 0 Å². The van der Waals surface area contributed by atoms with Crippen LogP contribution >= 0.6 is 0 Å². The summed E-state index contributed by atoms with van der Waals surface area (Å²) in [5, 5.41) is 5.88. The van der Waals surface area contributed by atoms with Crippen LogP contribution in [0.5, 0.6) is 0 Å². The highest BCUT2D eigenvalue weighted by Crippen LogP contribution is 2.13. The zero-order chi connectivity index (χ0) is 10.3. The third kappa shape index (κ3) is 3.28. The summed E-state index contributed by atoms with van der Waals surface area (Å²) in [7, 11) is 0. The summed E-state index contributed by atoms with van der Waals surface area (Å²) < 4.78 is 0. The van der Waals surface area contributed by atoms with Crippen molar-refractivity contribution in [2.45, 2.75) is 27.7 Å². The van der Waals surface area contributed by atoms with E-state index < -0.39 is 0 Å². The van der Waals surface area contributed by atoms with Crippen LogP contribution in [0.3, 0.4) is 0 Å². The molecule has 2 heteroatoms. The van der Waals surface area contributed by atoms with Crippen LogP contribution in [0.4, 0.5) is 0 Å². The highest BCUT2D eigenvalue weighted by molar-refractivity contribution is 5.79. The SMILES string of the molecule is C=CN1N=CC(C)=C/C1=C/C.CC. The lowest BCUT2D eigenvalue weighted by molar-refractivity contribution is 0.512. The fourth-order valence-corrected chi connectivity index (χ4v) is 0.925. The Labute approximate surface area is 80.9 Å². The Hall–Kier alpha value is -1.31. The first kappa shape index (κ1) is 11.7. The average Bonchev–Trinajstić information content (AvgIpc) is 2.20. The highest BCUT2D eigenvalue weighted by atomic mass is 15.4. The molecule has 0 N–H and O–H groups in total. The molecule has 0 radical (unpaired) electrons. The normalized spacial score (nSPS) is 17.7. The smallest absolute Gasteiger partial charge is 0.0605 e. The zero-order valence-corrected chi connectivity index (χ0v) is 8.91. The van der Waals surface area contributed by atoms with Gasteiger partial charge in [0.05, 0.1) is 11.9 Å². The van der Waals surface area contributed by atoms with Crippen molar-refractivity contribution in [3.8, 4) is 0 Å². The molecule has 2 nitrogen and oxygen atoms in total. The largest absolute Gasteiger partial charge is 0.242 e. The maximum atomic E-state index is 4.13. The minimum atomic E-state index is 1.07. The van der Waals surface area contributed by atoms with Crippen molar-refractivity contribution >= 4 is 6.21 Å². The Morgan fingerprint density at radius 1 is 1.46 bits per heavy atom. The molecule has 0 aromatic rings. The molecule has 0 fully saturated rings. The van der Waals surface area contributed by atoms with Crippen molar-refractivity contribution in [3.63, 3.8) is 0 Å². The first-order chi connectivity index (χ1) is 6.27. The van der Waals surface area contributed by atoms with E-state index in [-0.39, 0.29) is 0 Å². The lowest BCUT2D eigenvalue weighted by Gasteiger charge is -2.18. The second-order valence-corrected chi connectivity index (χ2v) is 2.37. The Kier molecular flexibility index (Phi) is 5.60. The average molecular weight is 178 g/mol. The number of nitrogens with zero attached hydrogens (tertiary/aromatic N) is 2. The highest BCUT2D eigenvalue weighted by Gasteiger charge is 2.04. The Morgan fingerprint density at radius 2 is 2.08 bits per heavy atom. The van der Waals surface area contributed by atoms with Crippen LogP contribution in [0, 0.1) is 0 Å². The molecule has 1 aliphatic rings. The van der Waals surface area contributed by atoms with Crippen LogP contribution < -0.4 is 0 Å². The van der Waals surface area contributed by atoms with Crippen molar-refractivity contribution in [2.24, 2.45) is 5.10 Å². The zero-order valence-electron chi connectivity index (χ0n) is 8.91. The van der Waals surface area contributed by atoms with E-state index in [1.807, 2.05) is 40.0 Å². The maximum Gasteiger partial charge on any atom is 0.0605 e. The standard InChI is InChI=1S/C9H12N2.C2H6/c1-4-9-6-8(3)7-10-11(9)5-2;1-2/h4-7H,2H2,1,3H3;1-2H3/b9-4-;. The summed E-state index contributed by atoms with van der Waals surface area (Å²) in [5.74, 6) is 0. The van der Waals surface area contributed by atoms with Gasteiger partial charge < -0.3 is 0 Å². The number of hydrogen-bond donors (Lipinski definition) is 0. The van der Waals surface area contributed by atoms with Gasteiger partial charge in [-0.05, 0) is 25.5 Å². The van der Waals surface area contributed by atoms with Crippen LogP contribution in [0.15, 0.2) is 41.3 Å². The van der Waals surface area contributed by atoms with Gasteiger partial charge in [-0.2, -0.15) is 5.10 Å². The van der Waals surface area contributed by atoms with E-state index in [2.05, 4.69) is 17.8 Å². The Balaban J connectivity index is 0.000000671. The van der Waals surface area contributed by atoms with Gasteiger partial charge in [-0.1, -0.05) is 26.5 Å². The molecule has 0 unspecified atom stereocenters. The molecule has 0 amide bonds. The van der Waals surface area contributed by atoms with Gasteiger partial charge in [0.2, 0.25) is 0 Å². The summed E-state index contributed by atoms with van der Waals surface area (Å²) in [6, 6.07) is 0. The second-order valence-electron chi connectivity index (χ2n) is 2.37. The van der Waals surface area contributed by atoms with E-state index in [9.17, 15) is 0 Å². The van der Waals surface area contributed by atoms with E-state index in [1.165, 1.54) is 0 Å².